The summed E-state index contributed by atoms with van der Waals surface area (Å²) in [6.07, 6.45) is 0. The van der Waals surface area contributed by atoms with Gasteiger partial charge in [0, 0.05) is 30.6 Å². The first-order valence-electron chi connectivity index (χ1n) is 9.10. The van der Waals surface area contributed by atoms with Crippen LogP contribution in [-0.4, -0.2) is 45.0 Å². The highest BCUT2D eigenvalue weighted by atomic mass is 127. The van der Waals surface area contributed by atoms with Crippen LogP contribution in [0.15, 0.2) is 53.5 Å². The van der Waals surface area contributed by atoms with Gasteiger partial charge in [0.05, 0.1) is 27.4 Å². The molecule has 0 aliphatic heterocycles. The highest BCUT2D eigenvalue weighted by molar-refractivity contribution is 14.0. The molecule has 3 N–H and O–H groups in total. The standard InChI is InChI=1S/C21H29N3O3.HI/c1-4-22-21(24-14-18(15-25)16-8-6-5-7-9-16)23-13-17-10-11-19(26-2)12-20(17)27-3;/h5-12,18,25H,4,13-15H2,1-3H3,(H2,22,23,24);1H. The molecule has 6 nitrogen and oxygen atoms in total. The first-order valence-corrected chi connectivity index (χ1v) is 9.10. The fourth-order valence-corrected chi connectivity index (χ4v) is 2.72. The molecular formula is C21H30IN3O3. The van der Waals surface area contributed by atoms with E-state index in [4.69, 9.17) is 9.47 Å². The minimum absolute atomic E-state index is 0. The van der Waals surface area contributed by atoms with Gasteiger partial charge in [0.15, 0.2) is 5.96 Å². The van der Waals surface area contributed by atoms with E-state index in [2.05, 4.69) is 15.6 Å². The molecule has 0 spiro atoms. The Hall–Kier alpha value is -2.00. The van der Waals surface area contributed by atoms with Crippen LogP contribution in [0.25, 0.3) is 0 Å². The smallest absolute Gasteiger partial charge is 0.191 e. The molecule has 2 aromatic carbocycles. The van der Waals surface area contributed by atoms with Crippen LogP contribution in [0, 0.1) is 0 Å². The van der Waals surface area contributed by atoms with E-state index in [0.717, 1.165) is 29.2 Å². The maximum Gasteiger partial charge on any atom is 0.191 e. The Morgan fingerprint density at radius 1 is 1.07 bits per heavy atom. The molecule has 1 unspecified atom stereocenters. The van der Waals surface area contributed by atoms with E-state index in [1.807, 2.05) is 55.5 Å². The van der Waals surface area contributed by atoms with Crippen molar-refractivity contribution in [3.8, 4) is 11.5 Å². The molecule has 0 saturated heterocycles. The Morgan fingerprint density at radius 3 is 2.43 bits per heavy atom. The first-order chi connectivity index (χ1) is 13.2. The maximum absolute atomic E-state index is 9.72. The van der Waals surface area contributed by atoms with Crippen LogP contribution >= 0.6 is 24.0 Å². The number of halogens is 1. The molecule has 0 aliphatic rings. The number of nitrogens with zero attached hydrogens (tertiary/aromatic N) is 1. The maximum atomic E-state index is 9.72. The quantitative estimate of drug-likeness (QED) is 0.281. The zero-order valence-electron chi connectivity index (χ0n) is 16.6. The molecule has 0 saturated carbocycles. The lowest BCUT2D eigenvalue weighted by Crippen LogP contribution is -2.39. The first kappa shape index (κ1) is 24.0. The number of rotatable bonds is 9. The van der Waals surface area contributed by atoms with Gasteiger partial charge in [-0.25, -0.2) is 4.99 Å². The van der Waals surface area contributed by atoms with Crippen LogP contribution < -0.4 is 20.1 Å². The van der Waals surface area contributed by atoms with Crippen molar-refractivity contribution in [3.05, 3.63) is 59.7 Å². The van der Waals surface area contributed by atoms with E-state index in [0.29, 0.717) is 19.0 Å². The van der Waals surface area contributed by atoms with Crippen molar-refractivity contribution >= 4 is 29.9 Å². The third kappa shape index (κ3) is 7.20. The van der Waals surface area contributed by atoms with E-state index in [1.54, 1.807) is 14.2 Å². The van der Waals surface area contributed by atoms with Gasteiger partial charge in [-0.2, -0.15) is 0 Å². The minimum atomic E-state index is 0. The molecule has 0 heterocycles. The van der Waals surface area contributed by atoms with Crippen molar-refractivity contribution in [2.45, 2.75) is 19.4 Å². The van der Waals surface area contributed by atoms with Gasteiger partial charge in [0.25, 0.3) is 0 Å². The number of methoxy groups -OCH3 is 2. The highest BCUT2D eigenvalue weighted by Crippen LogP contribution is 2.25. The Morgan fingerprint density at radius 2 is 1.82 bits per heavy atom. The Balaban J connectivity index is 0.00000392. The molecule has 0 amide bonds. The molecule has 0 bridgehead atoms. The number of nitrogens with one attached hydrogen (secondary N) is 2. The summed E-state index contributed by atoms with van der Waals surface area (Å²) in [7, 11) is 3.27. The molecule has 2 rings (SSSR count). The number of aliphatic hydroxyl groups excluding tert-OH is 1. The molecule has 0 aromatic heterocycles. The van der Waals surface area contributed by atoms with Crippen molar-refractivity contribution in [1.82, 2.24) is 10.6 Å². The van der Waals surface area contributed by atoms with Gasteiger partial charge in [-0.1, -0.05) is 30.3 Å². The van der Waals surface area contributed by atoms with E-state index in [1.165, 1.54) is 0 Å². The Kier molecular flexibility index (Phi) is 11.4. The van der Waals surface area contributed by atoms with Gasteiger partial charge in [0.2, 0.25) is 0 Å². The molecule has 1 atom stereocenters. The van der Waals surface area contributed by atoms with E-state index < -0.39 is 0 Å². The SMILES string of the molecule is CCNC(=NCc1ccc(OC)cc1OC)NCC(CO)c1ccccc1.I. The van der Waals surface area contributed by atoms with E-state index in [9.17, 15) is 5.11 Å². The second-order valence-electron chi connectivity index (χ2n) is 6.04. The van der Waals surface area contributed by atoms with Gasteiger partial charge in [0.1, 0.15) is 11.5 Å². The van der Waals surface area contributed by atoms with Gasteiger partial charge >= 0.3 is 0 Å². The summed E-state index contributed by atoms with van der Waals surface area (Å²) in [5.74, 6) is 2.19. The predicted octanol–water partition coefficient (Wildman–Crippen LogP) is 3.15. The van der Waals surface area contributed by atoms with Gasteiger partial charge in [-0.3, -0.25) is 0 Å². The van der Waals surface area contributed by atoms with Crippen molar-refractivity contribution in [2.24, 2.45) is 4.99 Å². The summed E-state index contributed by atoms with van der Waals surface area (Å²) < 4.78 is 10.7. The van der Waals surface area contributed by atoms with Gasteiger partial charge < -0.3 is 25.2 Å². The average molecular weight is 499 g/mol. The molecular weight excluding hydrogens is 469 g/mol. The second kappa shape index (κ2) is 13.2. The number of ether oxygens (including phenoxy) is 2. The lowest BCUT2D eigenvalue weighted by molar-refractivity contribution is 0.265. The number of hydrogen-bond acceptors (Lipinski definition) is 4. The summed E-state index contributed by atoms with van der Waals surface area (Å²) in [6.45, 7) is 3.90. The van der Waals surface area contributed by atoms with Crippen LogP contribution in [0.2, 0.25) is 0 Å². The van der Waals surface area contributed by atoms with Gasteiger partial charge in [-0.05, 0) is 24.6 Å². The summed E-state index contributed by atoms with van der Waals surface area (Å²) in [5.41, 5.74) is 2.07. The van der Waals surface area contributed by atoms with Crippen molar-refractivity contribution in [2.75, 3.05) is 33.9 Å². The zero-order chi connectivity index (χ0) is 19.5. The molecule has 28 heavy (non-hydrogen) atoms. The summed E-state index contributed by atoms with van der Waals surface area (Å²) >= 11 is 0. The van der Waals surface area contributed by atoms with Crippen molar-refractivity contribution < 1.29 is 14.6 Å². The van der Waals surface area contributed by atoms with Gasteiger partial charge in [-0.15, -0.1) is 24.0 Å². The Bertz CT molecular complexity index is 726. The molecule has 154 valence electrons. The number of aliphatic hydroxyl groups is 1. The largest absolute Gasteiger partial charge is 0.497 e. The van der Waals surface area contributed by atoms with E-state index in [-0.39, 0.29) is 36.5 Å². The molecule has 0 aliphatic carbocycles. The minimum Gasteiger partial charge on any atom is -0.497 e. The second-order valence-corrected chi connectivity index (χ2v) is 6.04. The van der Waals surface area contributed by atoms with Crippen LogP contribution in [0.5, 0.6) is 11.5 Å². The van der Waals surface area contributed by atoms with Crippen LogP contribution in [0.4, 0.5) is 0 Å². The molecule has 0 radical (unpaired) electrons. The average Bonchev–Trinajstić information content (AvgIpc) is 2.73. The summed E-state index contributed by atoms with van der Waals surface area (Å²) in [6, 6.07) is 15.7. The number of hydrogen-bond donors (Lipinski definition) is 3. The van der Waals surface area contributed by atoms with E-state index >= 15 is 0 Å². The molecule has 2 aromatic rings. The number of benzene rings is 2. The highest BCUT2D eigenvalue weighted by Gasteiger charge is 2.11. The number of guanidine groups is 1. The van der Waals surface area contributed by atoms with Crippen LogP contribution in [0.3, 0.4) is 0 Å². The third-order valence-corrected chi connectivity index (χ3v) is 4.25. The fraction of sp³-hybridized carbons (Fsp3) is 0.381. The topological polar surface area (TPSA) is 75.1 Å². The zero-order valence-corrected chi connectivity index (χ0v) is 19.0. The monoisotopic (exact) mass is 499 g/mol. The van der Waals surface area contributed by atoms with Crippen molar-refractivity contribution in [1.29, 1.82) is 0 Å². The lowest BCUT2D eigenvalue weighted by atomic mass is 10.0. The Labute approximate surface area is 184 Å². The third-order valence-electron chi connectivity index (χ3n) is 4.25. The summed E-state index contributed by atoms with van der Waals surface area (Å²) in [4.78, 5) is 4.64. The summed E-state index contributed by atoms with van der Waals surface area (Å²) in [5, 5.41) is 16.3. The molecule has 7 heteroatoms. The van der Waals surface area contributed by atoms with Crippen molar-refractivity contribution in [3.63, 3.8) is 0 Å². The molecule has 0 fully saturated rings. The normalized spacial score (nSPS) is 11.9. The fourth-order valence-electron chi connectivity index (χ4n) is 2.72. The predicted molar refractivity (Wildman–Crippen MR) is 124 cm³/mol. The van der Waals surface area contributed by atoms with Crippen LogP contribution in [-0.2, 0) is 6.54 Å². The number of aliphatic imine (C=N–C) groups is 1. The van der Waals surface area contributed by atoms with Crippen LogP contribution in [0.1, 0.15) is 24.0 Å². The lowest BCUT2D eigenvalue weighted by Gasteiger charge is -2.18.